The van der Waals surface area contributed by atoms with Crippen molar-refractivity contribution in [2.24, 2.45) is 0 Å². The van der Waals surface area contributed by atoms with Gasteiger partial charge in [0.05, 0.1) is 0 Å². The summed E-state index contributed by atoms with van der Waals surface area (Å²) in [6.07, 6.45) is 2.04. The van der Waals surface area contributed by atoms with Crippen molar-refractivity contribution < 1.29 is 9.59 Å². The minimum Gasteiger partial charge on any atom is -0.341 e. The first-order valence-electron chi connectivity index (χ1n) is 6.40. The van der Waals surface area contributed by atoms with E-state index in [-0.39, 0.29) is 11.8 Å². The van der Waals surface area contributed by atoms with Gasteiger partial charge >= 0.3 is 0 Å². The Balaban J connectivity index is 2.02. The fraction of sp³-hybridized carbons (Fsp3) is 0.333. The maximum absolute atomic E-state index is 12.2. The van der Waals surface area contributed by atoms with Gasteiger partial charge in [0.25, 0.3) is 0 Å². The number of nitrogens with one attached hydrogen (secondary N) is 1. The highest BCUT2D eigenvalue weighted by Gasteiger charge is 2.24. The third-order valence-electron chi connectivity index (χ3n) is 3.36. The average molecular weight is 258 g/mol. The fourth-order valence-electron chi connectivity index (χ4n) is 2.29. The van der Waals surface area contributed by atoms with E-state index in [9.17, 15) is 9.59 Å². The van der Waals surface area contributed by atoms with Gasteiger partial charge in [-0.2, -0.15) is 0 Å². The molecule has 1 N–H and O–H groups in total. The Morgan fingerprint density at radius 3 is 2.74 bits per heavy atom. The van der Waals surface area contributed by atoms with Crippen molar-refractivity contribution in [1.82, 2.24) is 10.2 Å². The maximum Gasteiger partial charge on any atom is 0.245 e. The topological polar surface area (TPSA) is 49.4 Å². The number of hydrogen-bond donors (Lipinski definition) is 1. The zero-order chi connectivity index (χ0) is 13.8. The van der Waals surface area contributed by atoms with Gasteiger partial charge in [0, 0.05) is 13.1 Å². The zero-order valence-corrected chi connectivity index (χ0v) is 11.1. The molecule has 0 fully saturated rings. The maximum atomic E-state index is 12.2. The molecule has 1 aliphatic heterocycles. The van der Waals surface area contributed by atoms with Gasteiger partial charge in [0.15, 0.2) is 0 Å². The van der Waals surface area contributed by atoms with E-state index >= 15 is 0 Å². The Morgan fingerprint density at radius 2 is 2.05 bits per heavy atom. The molecule has 2 rings (SSSR count). The predicted molar refractivity (Wildman–Crippen MR) is 73.4 cm³/mol. The lowest BCUT2D eigenvalue weighted by atomic mass is 9.99. The van der Waals surface area contributed by atoms with Crippen LogP contribution >= 0.6 is 0 Å². The number of benzene rings is 1. The number of carbonyl (C=O) groups excluding carboxylic acids is 2. The highest BCUT2D eigenvalue weighted by atomic mass is 16.2. The van der Waals surface area contributed by atoms with Crippen LogP contribution in [0.1, 0.15) is 18.1 Å². The first-order valence-corrected chi connectivity index (χ1v) is 6.40. The van der Waals surface area contributed by atoms with Gasteiger partial charge in [-0.25, -0.2) is 0 Å². The van der Waals surface area contributed by atoms with Crippen LogP contribution in [0.25, 0.3) is 0 Å². The second-order valence-electron chi connectivity index (χ2n) is 4.71. The number of nitrogens with zero attached hydrogens (tertiary/aromatic N) is 1. The number of carbonyl (C=O) groups is 2. The summed E-state index contributed by atoms with van der Waals surface area (Å²) in [4.78, 5) is 25.2. The van der Waals surface area contributed by atoms with Crippen molar-refractivity contribution in [2.75, 3.05) is 6.54 Å². The molecule has 100 valence electrons. The van der Waals surface area contributed by atoms with Crippen LogP contribution < -0.4 is 5.32 Å². The highest BCUT2D eigenvalue weighted by molar-refractivity contribution is 5.92. The Hall–Kier alpha value is -2.10. The molecule has 0 saturated carbocycles. The van der Waals surface area contributed by atoms with Crippen LogP contribution in [0.3, 0.4) is 0 Å². The van der Waals surface area contributed by atoms with Crippen molar-refractivity contribution >= 4 is 11.8 Å². The predicted octanol–water partition coefficient (Wildman–Crippen LogP) is 1.26. The minimum absolute atomic E-state index is 0.0512. The molecule has 4 nitrogen and oxygen atoms in total. The summed E-state index contributed by atoms with van der Waals surface area (Å²) in [5.41, 5.74) is 2.48. The van der Waals surface area contributed by atoms with Crippen molar-refractivity contribution in [3.05, 3.63) is 48.0 Å². The lowest BCUT2D eigenvalue weighted by Crippen LogP contribution is -2.48. The number of hydrogen-bond acceptors (Lipinski definition) is 2. The van der Waals surface area contributed by atoms with E-state index in [1.165, 1.54) is 17.2 Å². The van der Waals surface area contributed by atoms with Gasteiger partial charge in [-0.15, -0.1) is 0 Å². The van der Waals surface area contributed by atoms with E-state index in [1.807, 2.05) is 18.2 Å². The van der Waals surface area contributed by atoms with Crippen LogP contribution in [0.2, 0.25) is 0 Å². The molecule has 0 spiro atoms. The van der Waals surface area contributed by atoms with Gasteiger partial charge in [-0.05, 0) is 30.5 Å². The number of amides is 2. The summed E-state index contributed by atoms with van der Waals surface area (Å²) in [5, 5.41) is 2.60. The van der Waals surface area contributed by atoms with Crippen LogP contribution in [0.5, 0.6) is 0 Å². The quantitative estimate of drug-likeness (QED) is 0.830. The zero-order valence-electron chi connectivity index (χ0n) is 11.1. The van der Waals surface area contributed by atoms with Crippen LogP contribution in [0.4, 0.5) is 0 Å². The fourth-order valence-corrected chi connectivity index (χ4v) is 2.29. The molecule has 4 heteroatoms. The molecule has 2 amide bonds. The molecule has 0 radical (unpaired) electrons. The van der Waals surface area contributed by atoms with Crippen LogP contribution in [0.15, 0.2) is 36.9 Å². The van der Waals surface area contributed by atoms with Crippen molar-refractivity contribution in [3.8, 4) is 0 Å². The standard InChI is InChI=1S/C15H18N2O2/c1-3-14(18)16-11(2)15(19)17-9-8-12-6-4-5-7-13(12)10-17/h3-7,11H,1,8-10H2,2H3,(H,16,18)/t11-/m1/s1. The Morgan fingerprint density at radius 1 is 1.37 bits per heavy atom. The normalized spacial score (nSPS) is 15.3. The van der Waals surface area contributed by atoms with Crippen LogP contribution in [-0.4, -0.2) is 29.3 Å². The third-order valence-corrected chi connectivity index (χ3v) is 3.36. The average Bonchev–Trinajstić information content (AvgIpc) is 2.45. The first kappa shape index (κ1) is 13.3. The van der Waals surface area contributed by atoms with Crippen LogP contribution in [0, 0.1) is 0 Å². The second-order valence-corrected chi connectivity index (χ2v) is 4.71. The lowest BCUT2D eigenvalue weighted by molar-refractivity contribution is -0.136. The van der Waals surface area contributed by atoms with E-state index < -0.39 is 6.04 Å². The molecule has 1 heterocycles. The molecule has 0 bridgehead atoms. The van der Waals surface area contributed by atoms with E-state index in [1.54, 1.807) is 11.8 Å². The molecule has 0 unspecified atom stereocenters. The van der Waals surface area contributed by atoms with Crippen LogP contribution in [-0.2, 0) is 22.6 Å². The minimum atomic E-state index is -0.518. The van der Waals surface area contributed by atoms with Gasteiger partial charge in [0.1, 0.15) is 6.04 Å². The molecule has 0 aromatic heterocycles. The van der Waals surface area contributed by atoms with E-state index in [2.05, 4.69) is 18.0 Å². The molecule has 0 saturated heterocycles. The second kappa shape index (κ2) is 5.69. The Labute approximate surface area is 113 Å². The molecule has 1 aliphatic rings. The SMILES string of the molecule is C=CC(=O)N[C@H](C)C(=O)N1CCc2ccccc2C1. The van der Waals surface area contributed by atoms with E-state index in [0.717, 1.165) is 6.42 Å². The molecular formula is C15H18N2O2. The van der Waals surface area contributed by atoms with E-state index in [0.29, 0.717) is 13.1 Å². The van der Waals surface area contributed by atoms with Crippen molar-refractivity contribution in [3.63, 3.8) is 0 Å². The Kier molecular flexibility index (Phi) is 4.00. The number of fused-ring (bicyclic) bond motifs is 1. The molecule has 0 aliphatic carbocycles. The van der Waals surface area contributed by atoms with Gasteiger partial charge < -0.3 is 10.2 Å². The third kappa shape index (κ3) is 3.02. The largest absolute Gasteiger partial charge is 0.341 e. The van der Waals surface area contributed by atoms with Crippen molar-refractivity contribution in [2.45, 2.75) is 25.9 Å². The molecule has 1 aromatic rings. The Bertz CT molecular complexity index is 511. The van der Waals surface area contributed by atoms with Gasteiger partial charge in [0.2, 0.25) is 11.8 Å². The van der Waals surface area contributed by atoms with E-state index in [4.69, 9.17) is 0 Å². The smallest absolute Gasteiger partial charge is 0.245 e. The molecular weight excluding hydrogens is 240 g/mol. The monoisotopic (exact) mass is 258 g/mol. The first-order chi connectivity index (χ1) is 9.11. The molecule has 19 heavy (non-hydrogen) atoms. The summed E-state index contributed by atoms with van der Waals surface area (Å²) in [6, 6.07) is 7.62. The van der Waals surface area contributed by atoms with Gasteiger partial charge in [-0.3, -0.25) is 9.59 Å². The summed E-state index contributed by atoms with van der Waals surface area (Å²) in [7, 11) is 0. The lowest BCUT2D eigenvalue weighted by Gasteiger charge is -2.31. The number of rotatable bonds is 3. The summed E-state index contributed by atoms with van der Waals surface area (Å²) in [5.74, 6) is -0.372. The summed E-state index contributed by atoms with van der Waals surface area (Å²) in [6.45, 7) is 6.39. The van der Waals surface area contributed by atoms with Gasteiger partial charge in [-0.1, -0.05) is 30.8 Å². The highest BCUT2D eigenvalue weighted by Crippen LogP contribution is 2.18. The molecule has 1 atom stereocenters. The summed E-state index contributed by atoms with van der Waals surface area (Å²) >= 11 is 0. The molecule has 1 aromatic carbocycles. The van der Waals surface area contributed by atoms with Crippen molar-refractivity contribution in [1.29, 1.82) is 0 Å². The summed E-state index contributed by atoms with van der Waals surface area (Å²) < 4.78 is 0.